The Balaban J connectivity index is 2.61. The van der Waals surface area contributed by atoms with Gasteiger partial charge in [0.2, 0.25) is 12.3 Å². The van der Waals surface area contributed by atoms with Gasteiger partial charge in [-0.1, -0.05) is 19.8 Å². The molecule has 0 saturated carbocycles. The third-order valence-corrected chi connectivity index (χ3v) is 2.72. The number of rotatable bonds is 4. The van der Waals surface area contributed by atoms with E-state index in [0.717, 1.165) is 25.7 Å². The molecule has 1 unspecified atom stereocenters. The molecule has 0 aromatic rings. The van der Waals surface area contributed by atoms with Crippen LogP contribution >= 0.6 is 0 Å². The summed E-state index contributed by atoms with van der Waals surface area (Å²) in [4.78, 5) is 25.8. The molecule has 2 amide bonds. The Kier molecular flexibility index (Phi) is 3.92. The first-order valence-electron chi connectivity index (χ1n) is 5.16. The highest BCUT2D eigenvalue weighted by atomic mass is 16.2. The van der Waals surface area contributed by atoms with Crippen molar-refractivity contribution >= 4 is 12.3 Å². The molecular weight excluding hydrogens is 180 g/mol. The topological polar surface area (TPSA) is 40.6 Å². The molecule has 1 fully saturated rings. The highest BCUT2D eigenvalue weighted by Crippen LogP contribution is 2.14. The van der Waals surface area contributed by atoms with Gasteiger partial charge in [-0.05, 0) is 6.42 Å². The predicted molar refractivity (Wildman–Crippen MR) is 53.7 cm³/mol. The van der Waals surface area contributed by atoms with Crippen molar-refractivity contribution < 1.29 is 9.59 Å². The number of nitrogens with zero attached hydrogens (tertiary/aromatic N) is 2. The van der Waals surface area contributed by atoms with E-state index in [4.69, 9.17) is 0 Å². The first-order chi connectivity index (χ1) is 6.70. The predicted octanol–water partition coefficient (Wildman–Crippen LogP) is 0.476. The van der Waals surface area contributed by atoms with Crippen molar-refractivity contribution in [3.63, 3.8) is 0 Å². The summed E-state index contributed by atoms with van der Waals surface area (Å²) in [5.41, 5.74) is 0. The molecule has 1 aliphatic heterocycles. The van der Waals surface area contributed by atoms with Crippen LogP contribution in [0, 0.1) is 0 Å². The van der Waals surface area contributed by atoms with Crippen LogP contribution in [-0.2, 0) is 9.59 Å². The first-order valence-corrected chi connectivity index (χ1v) is 5.16. The minimum absolute atomic E-state index is 0.0804. The Bertz CT molecular complexity index is 218. The first kappa shape index (κ1) is 11.0. The average Bonchev–Trinajstić information content (AvgIpc) is 2.20. The van der Waals surface area contributed by atoms with Gasteiger partial charge in [0.25, 0.3) is 0 Å². The van der Waals surface area contributed by atoms with Gasteiger partial charge in [0.05, 0.1) is 0 Å². The molecule has 80 valence electrons. The molecule has 4 nitrogen and oxygen atoms in total. The van der Waals surface area contributed by atoms with Crippen LogP contribution in [0.4, 0.5) is 0 Å². The van der Waals surface area contributed by atoms with Gasteiger partial charge in [0.1, 0.15) is 6.04 Å². The summed E-state index contributed by atoms with van der Waals surface area (Å²) in [6.07, 6.45) is 3.64. The molecule has 0 spiro atoms. The minimum atomic E-state index is -0.216. The largest absolute Gasteiger partial charge is 0.342 e. The molecule has 14 heavy (non-hydrogen) atoms. The number of piperazine rings is 1. The van der Waals surface area contributed by atoms with E-state index >= 15 is 0 Å². The van der Waals surface area contributed by atoms with Crippen LogP contribution < -0.4 is 0 Å². The van der Waals surface area contributed by atoms with E-state index in [-0.39, 0.29) is 11.9 Å². The zero-order valence-electron chi connectivity index (χ0n) is 8.90. The molecule has 1 saturated heterocycles. The maximum Gasteiger partial charge on any atom is 0.245 e. The summed E-state index contributed by atoms with van der Waals surface area (Å²) < 4.78 is 0. The van der Waals surface area contributed by atoms with Crippen LogP contribution in [0.15, 0.2) is 0 Å². The maximum atomic E-state index is 11.7. The molecule has 0 aromatic heterocycles. The van der Waals surface area contributed by atoms with E-state index in [2.05, 4.69) is 6.92 Å². The summed E-state index contributed by atoms with van der Waals surface area (Å²) in [6.45, 7) is 3.41. The van der Waals surface area contributed by atoms with E-state index in [1.165, 1.54) is 0 Å². The molecule has 1 heterocycles. The number of carbonyl (C=O) groups is 2. The van der Waals surface area contributed by atoms with Crippen molar-refractivity contribution in [2.45, 2.75) is 32.2 Å². The summed E-state index contributed by atoms with van der Waals surface area (Å²) in [5.74, 6) is 0.0804. The van der Waals surface area contributed by atoms with Crippen molar-refractivity contribution in [2.75, 3.05) is 20.1 Å². The van der Waals surface area contributed by atoms with Gasteiger partial charge in [0.15, 0.2) is 0 Å². The van der Waals surface area contributed by atoms with E-state index < -0.39 is 0 Å². The second-order valence-corrected chi connectivity index (χ2v) is 3.76. The zero-order chi connectivity index (χ0) is 10.6. The lowest BCUT2D eigenvalue weighted by Gasteiger charge is -2.36. The lowest BCUT2D eigenvalue weighted by Crippen LogP contribution is -2.55. The standard InChI is InChI=1S/C10H18N2O2/c1-3-4-5-9-10(14)11(2)6-7-12(9)8-13/h8-9H,3-7H2,1-2H3. The highest BCUT2D eigenvalue weighted by Gasteiger charge is 2.31. The lowest BCUT2D eigenvalue weighted by atomic mass is 10.1. The van der Waals surface area contributed by atoms with Crippen molar-refractivity contribution in [1.82, 2.24) is 9.80 Å². The Morgan fingerprint density at radius 2 is 2.21 bits per heavy atom. The molecule has 0 bridgehead atoms. The van der Waals surface area contributed by atoms with Crippen molar-refractivity contribution in [2.24, 2.45) is 0 Å². The minimum Gasteiger partial charge on any atom is -0.342 e. The Morgan fingerprint density at radius 1 is 1.50 bits per heavy atom. The Morgan fingerprint density at radius 3 is 2.79 bits per heavy atom. The SMILES string of the molecule is CCCCC1C(=O)N(C)CCN1C=O. The molecule has 0 N–H and O–H groups in total. The smallest absolute Gasteiger partial charge is 0.245 e. The number of carbonyl (C=O) groups excluding carboxylic acids is 2. The summed E-state index contributed by atoms with van der Waals surface area (Å²) in [6, 6.07) is -0.216. The molecule has 0 aliphatic carbocycles. The van der Waals surface area contributed by atoms with Crippen LogP contribution in [-0.4, -0.2) is 48.3 Å². The third kappa shape index (κ3) is 2.25. The molecular formula is C10H18N2O2. The molecule has 1 rings (SSSR count). The average molecular weight is 198 g/mol. The van der Waals surface area contributed by atoms with E-state index in [9.17, 15) is 9.59 Å². The fraction of sp³-hybridized carbons (Fsp3) is 0.800. The van der Waals surface area contributed by atoms with Gasteiger partial charge < -0.3 is 9.80 Å². The van der Waals surface area contributed by atoms with Crippen molar-refractivity contribution in [3.8, 4) is 0 Å². The second-order valence-electron chi connectivity index (χ2n) is 3.76. The van der Waals surface area contributed by atoms with Crippen LogP contribution in [0.25, 0.3) is 0 Å². The molecule has 0 aromatic carbocycles. The van der Waals surface area contributed by atoms with E-state index in [0.29, 0.717) is 13.1 Å². The van der Waals surface area contributed by atoms with Gasteiger partial charge in [-0.25, -0.2) is 0 Å². The third-order valence-electron chi connectivity index (χ3n) is 2.72. The van der Waals surface area contributed by atoms with E-state index in [1.54, 1.807) is 16.8 Å². The number of unbranched alkanes of at least 4 members (excludes halogenated alkanes) is 1. The molecule has 0 radical (unpaired) electrons. The van der Waals surface area contributed by atoms with Gasteiger partial charge >= 0.3 is 0 Å². The van der Waals surface area contributed by atoms with Gasteiger partial charge in [-0.2, -0.15) is 0 Å². The molecule has 4 heteroatoms. The van der Waals surface area contributed by atoms with Crippen molar-refractivity contribution in [3.05, 3.63) is 0 Å². The number of amides is 2. The normalized spacial score (nSPS) is 22.7. The monoisotopic (exact) mass is 198 g/mol. The maximum absolute atomic E-state index is 11.7. The molecule has 1 aliphatic rings. The fourth-order valence-corrected chi connectivity index (χ4v) is 1.74. The number of hydrogen-bond donors (Lipinski definition) is 0. The number of likely N-dealkylation sites (N-methyl/N-ethyl adjacent to an activating group) is 1. The van der Waals surface area contributed by atoms with Crippen LogP contribution in [0.5, 0.6) is 0 Å². The summed E-state index contributed by atoms with van der Waals surface area (Å²) in [7, 11) is 1.80. The van der Waals surface area contributed by atoms with Crippen molar-refractivity contribution in [1.29, 1.82) is 0 Å². The van der Waals surface area contributed by atoms with Gasteiger partial charge in [-0.15, -0.1) is 0 Å². The van der Waals surface area contributed by atoms with Crippen LogP contribution in [0.1, 0.15) is 26.2 Å². The van der Waals surface area contributed by atoms with Gasteiger partial charge in [0, 0.05) is 20.1 Å². The zero-order valence-corrected chi connectivity index (χ0v) is 8.90. The number of hydrogen-bond acceptors (Lipinski definition) is 2. The highest BCUT2D eigenvalue weighted by molar-refractivity contribution is 5.84. The second kappa shape index (κ2) is 4.98. The molecule has 1 atom stereocenters. The van der Waals surface area contributed by atoms with E-state index in [1.807, 2.05) is 0 Å². The Labute approximate surface area is 84.9 Å². The van der Waals surface area contributed by atoms with Gasteiger partial charge in [-0.3, -0.25) is 9.59 Å². The summed E-state index contributed by atoms with van der Waals surface area (Å²) >= 11 is 0. The lowest BCUT2D eigenvalue weighted by molar-refractivity contribution is -0.145. The fourth-order valence-electron chi connectivity index (χ4n) is 1.74. The van der Waals surface area contributed by atoms with Crippen LogP contribution in [0.2, 0.25) is 0 Å². The van der Waals surface area contributed by atoms with Crippen LogP contribution in [0.3, 0.4) is 0 Å². The Hall–Kier alpha value is -1.06. The quantitative estimate of drug-likeness (QED) is 0.616. The summed E-state index contributed by atoms with van der Waals surface area (Å²) in [5, 5.41) is 0.